The maximum absolute atomic E-state index is 6.40. The molecule has 2 atom stereocenters. The summed E-state index contributed by atoms with van der Waals surface area (Å²) in [5.74, 6) is 1.56. The van der Waals surface area contributed by atoms with E-state index in [-0.39, 0.29) is 12.2 Å². The van der Waals surface area contributed by atoms with Gasteiger partial charge in [-0.1, -0.05) is 0 Å². The van der Waals surface area contributed by atoms with Gasteiger partial charge >= 0.3 is 0 Å². The Hall–Kier alpha value is -1.09. The Morgan fingerprint density at radius 3 is 1.32 bits per heavy atom. The van der Waals surface area contributed by atoms with Crippen LogP contribution in [0.25, 0.3) is 0 Å². The van der Waals surface area contributed by atoms with Gasteiger partial charge in [-0.05, 0) is 63.5 Å². The van der Waals surface area contributed by atoms with E-state index in [9.17, 15) is 0 Å². The van der Waals surface area contributed by atoms with Gasteiger partial charge in [-0.3, -0.25) is 0 Å². The van der Waals surface area contributed by atoms with Crippen LogP contribution in [0.5, 0.6) is 0 Å². The van der Waals surface area contributed by atoms with Crippen LogP contribution in [0, 0.1) is 0 Å². The van der Waals surface area contributed by atoms with Crippen LogP contribution in [0.2, 0.25) is 39.3 Å². The van der Waals surface area contributed by atoms with Gasteiger partial charge in [-0.25, -0.2) is 0 Å². The Labute approximate surface area is 134 Å². The van der Waals surface area contributed by atoms with Crippen LogP contribution in [0.1, 0.15) is 23.7 Å². The second kappa shape index (κ2) is 6.58. The number of hydrogen-bond donors (Lipinski definition) is 0. The van der Waals surface area contributed by atoms with Gasteiger partial charge in [-0.15, -0.1) is 0 Å². The smallest absolute Gasteiger partial charge is 0.184 e. The van der Waals surface area contributed by atoms with Gasteiger partial charge in [0.05, 0.1) is 12.5 Å². The summed E-state index contributed by atoms with van der Waals surface area (Å²) < 4.78 is 24.0. The highest BCUT2D eigenvalue weighted by Gasteiger charge is 2.37. The summed E-state index contributed by atoms with van der Waals surface area (Å²) in [6, 6.07) is 7.63. The molecular formula is C16H26O4Si2. The summed E-state index contributed by atoms with van der Waals surface area (Å²) in [6.45, 7) is 13.0. The first kappa shape index (κ1) is 17.3. The van der Waals surface area contributed by atoms with Crippen molar-refractivity contribution >= 4 is 16.6 Å². The molecule has 0 aliphatic rings. The minimum Gasteiger partial charge on any atom is -0.467 e. The third-order valence-electron chi connectivity index (χ3n) is 2.88. The molecule has 0 aliphatic carbocycles. The summed E-state index contributed by atoms with van der Waals surface area (Å²) in [6.07, 6.45) is 2.76. The topological polar surface area (TPSA) is 44.7 Å². The number of hydrogen-bond acceptors (Lipinski definition) is 4. The van der Waals surface area contributed by atoms with Crippen LogP contribution >= 0.6 is 0 Å². The highest BCUT2D eigenvalue weighted by molar-refractivity contribution is 6.70. The molecule has 0 unspecified atom stereocenters. The van der Waals surface area contributed by atoms with Crippen molar-refractivity contribution in [1.29, 1.82) is 0 Å². The largest absolute Gasteiger partial charge is 0.467 e. The van der Waals surface area contributed by atoms with Crippen molar-refractivity contribution in [3.05, 3.63) is 48.3 Å². The first-order valence-electron chi connectivity index (χ1n) is 7.58. The second-order valence-electron chi connectivity index (χ2n) is 7.33. The zero-order valence-electron chi connectivity index (χ0n) is 14.3. The predicted molar refractivity (Wildman–Crippen MR) is 91.8 cm³/mol. The lowest BCUT2D eigenvalue weighted by Gasteiger charge is -2.34. The summed E-state index contributed by atoms with van der Waals surface area (Å²) in [5, 5.41) is 0. The van der Waals surface area contributed by atoms with Gasteiger partial charge in [0, 0.05) is 0 Å². The molecule has 0 N–H and O–H groups in total. The average molecular weight is 339 g/mol. The van der Waals surface area contributed by atoms with Gasteiger partial charge in [0.2, 0.25) is 0 Å². The molecule has 4 nitrogen and oxygen atoms in total. The normalized spacial score (nSPS) is 15.7. The third-order valence-corrected chi connectivity index (χ3v) is 4.81. The summed E-state index contributed by atoms with van der Waals surface area (Å²) in [4.78, 5) is 0. The number of rotatable bonds is 7. The van der Waals surface area contributed by atoms with Gasteiger partial charge in [-0.2, -0.15) is 0 Å². The van der Waals surface area contributed by atoms with Crippen LogP contribution < -0.4 is 0 Å². The van der Waals surface area contributed by atoms with Gasteiger partial charge in [0.15, 0.2) is 16.6 Å². The van der Waals surface area contributed by atoms with E-state index >= 15 is 0 Å². The van der Waals surface area contributed by atoms with E-state index < -0.39 is 16.6 Å². The van der Waals surface area contributed by atoms with Gasteiger partial charge in [0.25, 0.3) is 0 Å². The van der Waals surface area contributed by atoms with Crippen LogP contribution in [0.3, 0.4) is 0 Å². The van der Waals surface area contributed by atoms with Gasteiger partial charge in [0.1, 0.15) is 23.7 Å². The Morgan fingerprint density at radius 2 is 1.09 bits per heavy atom. The van der Waals surface area contributed by atoms with Crippen molar-refractivity contribution in [3.8, 4) is 0 Å². The lowest BCUT2D eigenvalue weighted by molar-refractivity contribution is 0.0156. The molecule has 2 heterocycles. The van der Waals surface area contributed by atoms with E-state index in [1.807, 2.05) is 24.3 Å². The maximum atomic E-state index is 6.40. The predicted octanol–water partition coefficient (Wildman–Crippen LogP) is 5.36. The highest BCUT2D eigenvalue weighted by atomic mass is 28.4. The molecule has 22 heavy (non-hydrogen) atoms. The zero-order valence-corrected chi connectivity index (χ0v) is 16.3. The van der Waals surface area contributed by atoms with Crippen molar-refractivity contribution in [1.82, 2.24) is 0 Å². The molecule has 0 fully saturated rings. The fraction of sp³-hybridized carbons (Fsp3) is 0.500. The minimum atomic E-state index is -1.79. The van der Waals surface area contributed by atoms with E-state index in [0.717, 1.165) is 11.5 Å². The monoisotopic (exact) mass is 338 g/mol. The Morgan fingerprint density at radius 1 is 0.727 bits per heavy atom. The zero-order chi connectivity index (χ0) is 16.4. The Kier molecular flexibility index (Phi) is 5.16. The molecule has 0 spiro atoms. The first-order valence-corrected chi connectivity index (χ1v) is 14.4. The molecule has 0 aliphatic heterocycles. The summed E-state index contributed by atoms with van der Waals surface area (Å²) >= 11 is 0. The lowest BCUT2D eigenvalue weighted by atomic mass is 10.1. The van der Waals surface area contributed by atoms with Crippen molar-refractivity contribution in [3.63, 3.8) is 0 Å². The molecule has 0 amide bonds. The van der Waals surface area contributed by atoms with E-state index in [4.69, 9.17) is 17.7 Å². The van der Waals surface area contributed by atoms with Crippen LogP contribution in [0.15, 0.2) is 45.6 Å². The summed E-state index contributed by atoms with van der Waals surface area (Å²) in [5.41, 5.74) is 0. The molecular weight excluding hydrogens is 312 g/mol. The van der Waals surface area contributed by atoms with Crippen molar-refractivity contribution in [2.45, 2.75) is 51.5 Å². The van der Waals surface area contributed by atoms with Crippen LogP contribution in [-0.4, -0.2) is 16.6 Å². The fourth-order valence-electron chi connectivity index (χ4n) is 2.21. The molecule has 2 aromatic heterocycles. The molecule has 122 valence electrons. The van der Waals surface area contributed by atoms with Gasteiger partial charge < -0.3 is 17.7 Å². The van der Waals surface area contributed by atoms with Crippen LogP contribution in [-0.2, 0) is 8.85 Å². The second-order valence-corrected chi connectivity index (χ2v) is 16.3. The minimum absolute atomic E-state index is 0.292. The van der Waals surface area contributed by atoms with Crippen molar-refractivity contribution in [2.75, 3.05) is 0 Å². The molecule has 0 aromatic carbocycles. The first-order chi connectivity index (χ1) is 10.2. The van der Waals surface area contributed by atoms with Crippen LogP contribution in [0.4, 0.5) is 0 Å². The number of furan rings is 2. The highest BCUT2D eigenvalue weighted by Crippen LogP contribution is 2.39. The third kappa shape index (κ3) is 4.98. The van der Waals surface area contributed by atoms with E-state index in [1.54, 1.807) is 12.5 Å². The SMILES string of the molecule is C[Si](C)(C)O[C@H](c1ccco1)[C@@H](O[Si](C)(C)C)c1ccco1. The van der Waals surface area contributed by atoms with Crippen molar-refractivity contribution in [2.24, 2.45) is 0 Å². The lowest BCUT2D eigenvalue weighted by Crippen LogP contribution is -2.35. The molecule has 0 saturated carbocycles. The quantitative estimate of drug-likeness (QED) is 0.638. The summed E-state index contributed by atoms with van der Waals surface area (Å²) in [7, 11) is -3.59. The molecule has 2 rings (SSSR count). The Bertz CT molecular complexity index is 498. The van der Waals surface area contributed by atoms with E-state index in [2.05, 4.69) is 39.3 Å². The molecule has 6 heteroatoms. The van der Waals surface area contributed by atoms with Crippen molar-refractivity contribution < 1.29 is 17.7 Å². The van der Waals surface area contributed by atoms with E-state index in [0.29, 0.717) is 0 Å². The average Bonchev–Trinajstić information content (AvgIpc) is 3.03. The molecule has 0 saturated heterocycles. The molecule has 0 bridgehead atoms. The molecule has 0 radical (unpaired) electrons. The fourth-order valence-corrected chi connectivity index (χ4v) is 4.21. The van der Waals surface area contributed by atoms with E-state index in [1.165, 1.54) is 0 Å². The maximum Gasteiger partial charge on any atom is 0.184 e. The Balaban J connectivity index is 2.39. The standard InChI is InChI=1S/C16H26O4Si2/c1-21(2,3)19-15(13-9-7-11-17-13)16(20-22(4,5)6)14-10-8-12-18-14/h7-12,15-16H,1-6H3/t15-,16+. The molecule has 2 aromatic rings.